The van der Waals surface area contributed by atoms with Gasteiger partial charge in [0.1, 0.15) is 19.0 Å². The van der Waals surface area contributed by atoms with E-state index in [1.807, 2.05) is 30.3 Å². The maximum absolute atomic E-state index is 12.6. The van der Waals surface area contributed by atoms with Gasteiger partial charge < -0.3 is 14.2 Å². The van der Waals surface area contributed by atoms with E-state index >= 15 is 0 Å². The molecule has 3 aromatic carbocycles. The number of ether oxygens (including phenoxy) is 3. The summed E-state index contributed by atoms with van der Waals surface area (Å²) in [6.45, 7) is 0.101. The van der Waals surface area contributed by atoms with Gasteiger partial charge in [0.25, 0.3) is 5.69 Å². The van der Waals surface area contributed by atoms with Crippen LogP contribution in [-0.2, 0) is 32.3 Å². The second-order valence-corrected chi connectivity index (χ2v) is 7.97. The molecule has 0 aliphatic rings. The lowest BCUT2D eigenvalue weighted by Crippen LogP contribution is -2.30. The molecule has 0 saturated carbocycles. The molecule has 0 N–H and O–H groups in total. The molecule has 37 heavy (non-hydrogen) atoms. The monoisotopic (exact) mass is 506 g/mol. The Morgan fingerprint density at radius 1 is 0.811 bits per heavy atom. The van der Waals surface area contributed by atoms with Crippen molar-refractivity contribution in [3.05, 3.63) is 100 Å². The molecule has 0 fully saturated rings. The number of carbonyl (C=O) groups excluding carboxylic acids is 3. The summed E-state index contributed by atoms with van der Waals surface area (Å²) in [5.74, 6) is -0.731. The van der Waals surface area contributed by atoms with Gasteiger partial charge in [-0.1, -0.05) is 48.5 Å². The van der Waals surface area contributed by atoms with Crippen molar-refractivity contribution in [1.82, 2.24) is 0 Å². The average Bonchev–Trinajstić information content (AvgIpc) is 2.91. The molecule has 0 bridgehead atoms. The van der Waals surface area contributed by atoms with Crippen molar-refractivity contribution >= 4 is 29.4 Å². The zero-order chi connectivity index (χ0) is 26.6. The van der Waals surface area contributed by atoms with E-state index < -0.39 is 23.0 Å². The molecule has 0 unspecified atom stereocenters. The molecule has 0 aliphatic heterocycles. The number of carbonyl (C=O) groups is 3. The number of hydrogen-bond donors (Lipinski definition) is 0. The van der Waals surface area contributed by atoms with Crippen LogP contribution in [0.2, 0.25) is 0 Å². The molecule has 0 atom stereocenters. The van der Waals surface area contributed by atoms with Gasteiger partial charge in [0, 0.05) is 37.6 Å². The van der Waals surface area contributed by atoms with Crippen LogP contribution in [0.25, 0.3) is 0 Å². The molecule has 0 heterocycles. The topological polar surface area (TPSA) is 125 Å². The van der Waals surface area contributed by atoms with Gasteiger partial charge in [-0.05, 0) is 30.2 Å². The lowest BCUT2D eigenvalue weighted by molar-refractivity contribution is -0.384. The third-order valence-corrected chi connectivity index (χ3v) is 5.27. The summed E-state index contributed by atoms with van der Waals surface area (Å²) in [6, 6.07) is 21.3. The maximum Gasteiger partial charge on any atom is 0.419 e. The van der Waals surface area contributed by atoms with Gasteiger partial charge in [-0.15, -0.1) is 0 Å². The molecule has 3 aromatic rings. The molecule has 0 aliphatic carbocycles. The Kier molecular flexibility index (Phi) is 9.72. The fourth-order valence-electron chi connectivity index (χ4n) is 3.28. The molecule has 10 heteroatoms. The fraction of sp³-hybridized carbons (Fsp3) is 0.222. The highest BCUT2D eigenvalue weighted by Gasteiger charge is 2.18. The minimum absolute atomic E-state index is 0.0423. The number of rotatable bonds is 11. The second-order valence-electron chi connectivity index (χ2n) is 7.97. The van der Waals surface area contributed by atoms with Crippen LogP contribution in [-0.4, -0.2) is 30.0 Å². The van der Waals surface area contributed by atoms with Gasteiger partial charge in [-0.3, -0.25) is 24.6 Å². The number of nitro groups is 1. The summed E-state index contributed by atoms with van der Waals surface area (Å²) >= 11 is 0. The van der Waals surface area contributed by atoms with E-state index in [4.69, 9.17) is 14.2 Å². The number of hydrogen-bond acceptors (Lipinski definition) is 8. The molecule has 0 aromatic heterocycles. The molecule has 3 rings (SSSR count). The summed E-state index contributed by atoms with van der Waals surface area (Å²) in [5.41, 5.74) is 1.80. The molecule has 192 valence electrons. The standard InChI is InChI=1S/C27H26N2O8/c1-28(27(32)37-23-16-14-22(15-17-23)29(33)34)24-11-6-5-10-21(24)19-36-26(31)13-7-12-25(30)35-18-20-8-3-2-4-9-20/h2-6,8-11,14-17H,7,12-13,18-19H2,1H3. The van der Waals surface area contributed by atoms with Crippen molar-refractivity contribution < 1.29 is 33.5 Å². The summed E-state index contributed by atoms with van der Waals surface area (Å²) in [6.07, 6.45) is -0.298. The van der Waals surface area contributed by atoms with Crippen LogP contribution < -0.4 is 9.64 Å². The molecule has 0 spiro atoms. The van der Waals surface area contributed by atoms with Crippen molar-refractivity contribution in [2.75, 3.05) is 11.9 Å². The Bertz CT molecular complexity index is 1230. The molecule has 0 radical (unpaired) electrons. The Labute approximate surface area is 213 Å². The van der Waals surface area contributed by atoms with Crippen molar-refractivity contribution in [2.45, 2.75) is 32.5 Å². The van der Waals surface area contributed by atoms with E-state index in [-0.39, 0.29) is 43.9 Å². The molecular weight excluding hydrogens is 480 g/mol. The predicted molar refractivity (Wildman–Crippen MR) is 134 cm³/mol. The summed E-state index contributed by atoms with van der Waals surface area (Å²) in [7, 11) is 1.50. The first-order chi connectivity index (χ1) is 17.8. The number of esters is 2. The van der Waals surface area contributed by atoms with Crippen molar-refractivity contribution in [2.24, 2.45) is 0 Å². The van der Waals surface area contributed by atoms with E-state index in [1.54, 1.807) is 24.3 Å². The molecule has 1 amide bonds. The highest BCUT2D eigenvalue weighted by molar-refractivity contribution is 5.89. The van der Waals surface area contributed by atoms with Gasteiger partial charge in [0.15, 0.2) is 0 Å². The zero-order valence-electron chi connectivity index (χ0n) is 20.2. The number of anilines is 1. The van der Waals surface area contributed by atoms with Crippen LogP contribution in [0.3, 0.4) is 0 Å². The summed E-state index contributed by atoms with van der Waals surface area (Å²) in [4.78, 5) is 48.1. The van der Waals surface area contributed by atoms with Crippen LogP contribution >= 0.6 is 0 Å². The van der Waals surface area contributed by atoms with E-state index in [9.17, 15) is 24.5 Å². The van der Waals surface area contributed by atoms with Gasteiger partial charge >= 0.3 is 18.0 Å². The number of amides is 1. The molecule has 10 nitrogen and oxygen atoms in total. The highest BCUT2D eigenvalue weighted by atomic mass is 16.6. The molecule has 0 saturated heterocycles. The normalized spacial score (nSPS) is 10.3. The minimum atomic E-state index is -0.721. The van der Waals surface area contributed by atoms with Gasteiger partial charge in [-0.25, -0.2) is 4.79 Å². The van der Waals surface area contributed by atoms with Crippen LogP contribution in [0.4, 0.5) is 16.2 Å². The van der Waals surface area contributed by atoms with Crippen LogP contribution in [0.1, 0.15) is 30.4 Å². The van der Waals surface area contributed by atoms with Crippen molar-refractivity contribution in [3.8, 4) is 5.75 Å². The number of para-hydroxylation sites is 1. The smallest absolute Gasteiger partial charge is 0.419 e. The van der Waals surface area contributed by atoms with Crippen molar-refractivity contribution in [1.29, 1.82) is 0 Å². The Balaban J connectivity index is 1.45. The van der Waals surface area contributed by atoms with Gasteiger partial charge in [0.2, 0.25) is 0 Å². The number of non-ortho nitro benzene ring substituents is 1. The third-order valence-electron chi connectivity index (χ3n) is 5.27. The van der Waals surface area contributed by atoms with Crippen LogP contribution in [0.15, 0.2) is 78.9 Å². The van der Waals surface area contributed by atoms with Crippen LogP contribution in [0, 0.1) is 10.1 Å². The number of nitrogens with zero attached hydrogens (tertiary/aromatic N) is 2. The van der Waals surface area contributed by atoms with E-state index in [1.165, 1.54) is 36.2 Å². The first-order valence-electron chi connectivity index (χ1n) is 11.5. The van der Waals surface area contributed by atoms with Crippen LogP contribution in [0.5, 0.6) is 5.75 Å². The van der Waals surface area contributed by atoms with E-state index in [0.29, 0.717) is 11.3 Å². The number of benzene rings is 3. The van der Waals surface area contributed by atoms with Crippen molar-refractivity contribution in [3.63, 3.8) is 0 Å². The average molecular weight is 507 g/mol. The predicted octanol–water partition coefficient (Wildman–Crippen LogP) is 5.19. The largest absolute Gasteiger partial charge is 0.461 e. The first kappa shape index (κ1) is 26.9. The van der Waals surface area contributed by atoms with Gasteiger partial charge in [0.05, 0.1) is 10.6 Å². The minimum Gasteiger partial charge on any atom is -0.461 e. The zero-order valence-corrected chi connectivity index (χ0v) is 20.2. The Hall–Kier alpha value is -4.73. The first-order valence-corrected chi connectivity index (χ1v) is 11.5. The SMILES string of the molecule is CN(C(=O)Oc1ccc([N+](=O)[O-])cc1)c1ccccc1COC(=O)CCCC(=O)OCc1ccccc1. The maximum atomic E-state index is 12.6. The quantitative estimate of drug-likeness (QED) is 0.198. The fourth-order valence-corrected chi connectivity index (χ4v) is 3.28. The third kappa shape index (κ3) is 8.46. The van der Waals surface area contributed by atoms with E-state index in [0.717, 1.165) is 5.56 Å². The second kappa shape index (κ2) is 13.4. The van der Waals surface area contributed by atoms with Gasteiger partial charge in [-0.2, -0.15) is 0 Å². The lowest BCUT2D eigenvalue weighted by Gasteiger charge is -2.20. The number of nitro benzene ring substituents is 1. The highest BCUT2D eigenvalue weighted by Crippen LogP contribution is 2.23. The Morgan fingerprint density at radius 3 is 2.05 bits per heavy atom. The summed E-state index contributed by atoms with van der Waals surface area (Å²) in [5, 5.41) is 10.8. The Morgan fingerprint density at radius 2 is 1.41 bits per heavy atom. The summed E-state index contributed by atoms with van der Waals surface area (Å²) < 4.78 is 15.8. The lowest BCUT2D eigenvalue weighted by atomic mass is 10.2. The molecular formula is C27H26N2O8. The van der Waals surface area contributed by atoms with E-state index in [2.05, 4.69) is 0 Å².